The molecule has 0 atom stereocenters. The van der Waals surface area contributed by atoms with E-state index in [1.54, 1.807) is 53.4 Å². The summed E-state index contributed by atoms with van der Waals surface area (Å²) >= 11 is 7.44. The fourth-order valence-corrected chi connectivity index (χ4v) is 3.59. The molecule has 0 N–H and O–H groups in total. The SMILES string of the molecule is O=c1c2ncccc2nc(SCc2ccccn2)n1-c1ccc(Cl)cc1. The monoisotopic (exact) mass is 380 g/mol. The van der Waals surface area contributed by atoms with Gasteiger partial charge in [0.2, 0.25) is 0 Å². The average Bonchev–Trinajstić information content (AvgIpc) is 2.68. The summed E-state index contributed by atoms with van der Waals surface area (Å²) in [6.45, 7) is 0. The van der Waals surface area contributed by atoms with Gasteiger partial charge in [-0.3, -0.25) is 14.3 Å². The third kappa shape index (κ3) is 3.34. The molecule has 0 spiro atoms. The van der Waals surface area contributed by atoms with E-state index in [1.165, 1.54) is 11.8 Å². The van der Waals surface area contributed by atoms with Crippen LogP contribution < -0.4 is 5.56 Å². The Bertz CT molecular complexity index is 1110. The van der Waals surface area contributed by atoms with E-state index in [2.05, 4.69) is 15.0 Å². The minimum absolute atomic E-state index is 0.207. The van der Waals surface area contributed by atoms with Gasteiger partial charge in [-0.15, -0.1) is 0 Å². The second-order valence-electron chi connectivity index (χ2n) is 5.49. The Labute approximate surface area is 158 Å². The van der Waals surface area contributed by atoms with Gasteiger partial charge in [0, 0.05) is 23.2 Å². The van der Waals surface area contributed by atoms with Crippen molar-refractivity contribution in [1.29, 1.82) is 0 Å². The molecule has 3 aromatic heterocycles. The molecule has 0 bridgehead atoms. The lowest BCUT2D eigenvalue weighted by molar-refractivity contribution is 0.815. The standard InChI is InChI=1S/C19H13ClN4OS/c20-13-6-8-15(9-7-13)24-18(25)17-16(5-3-11-22-17)23-19(24)26-12-14-4-1-2-10-21-14/h1-11H,12H2. The fourth-order valence-electron chi connectivity index (χ4n) is 2.53. The molecule has 0 fully saturated rings. The topological polar surface area (TPSA) is 60.7 Å². The van der Waals surface area contributed by atoms with Crippen LogP contribution in [0.5, 0.6) is 0 Å². The summed E-state index contributed by atoms with van der Waals surface area (Å²) in [6, 6.07) is 16.4. The zero-order valence-corrected chi connectivity index (χ0v) is 15.1. The Balaban J connectivity index is 1.85. The lowest BCUT2D eigenvalue weighted by Crippen LogP contribution is -2.22. The van der Waals surface area contributed by atoms with Crippen molar-refractivity contribution in [2.75, 3.05) is 0 Å². The van der Waals surface area contributed by atoms with Crippen LogP contribution in [0.4, 0.5) is 0 Å². The van der Waals surface area contributed by atoms with Crippen LogP contribution in [-0.2, 0) is 5.75 Å². The Morgan fingerprint density at radius 1 is 0.962 bits per heavy atom. The van der Waals surface area contributed by atoms with Crippen molar-refractivity contribution in [2.45, 2.75) is 10.9 Å². The lowest BCUT2D eigenvalue weighted by atomic mass is 10.3. The number of fused-ring (bicyclic) bond motifs is 1. The number of hydrogen-bond acceptors (Lipinski definition) is 5. The summed E-state index contributed by atoms with van der Waals surface area (Å²) in [4.78, 5) is 26.2. The van der Waals surface area contributed by atoms with Gasteiger partial charge in [0.25, 0.3) is 5.56 Å². The van der Waals surface area contributed by atoms with E-state index in [9.17, 15) is 4.79 Å². The molecule has 3 heterocycles. The summed E-state index contributed by atoms with van der Waals surface area (Å²) in [7, 11) is 0. The van der Waals surface area contributed by atoms with Gasteiger partial charge in [0.1, 0.15) is 0 Å². The minimum atomic E-state index is -0.207. The third-order valence-electron chi connectivity index (χ3n) is 3.76. The summed E-state index contributed by atoms with van der Waals surface area (Å²) in [5, 5.41) is 1.19. The second-order valence-corrected chi connectivity index (χ2v) is 6.87. The molecule has 0 amide bonds. The first-order valence-electron chi connectivity index (χ1n) is 7.89. The second kappa shape index (κ2) is 7.27. The Morgan fingerprint density at radius 3 is 2.54 bits per heavy atom. The summed E-state index contributed by atoms with van der Waals surface area (Å²) in [6.07, 6.45) is 3.35. The number of nitrogens with zero attached hydrogens (tertiary/aromatic N) is 4. The molecular formula is C19H13ClN4OS. The van der Waals surface area contributed by atoms with Crippen molar-refractivity contribution >= 4 is 34.4 Å². The molecule has 7 heteroatoms. The number of pyridine rings is 2. The predicted octanol–water partition coefficient (Wildman–Crippen LogP) is 4.12. The fraction of sp³-hybridized carbons (Fsp3) is 0.0526. The van der Waals surface area contributed by atoms with E-state index in [0.717, 1.165) is 5.69 Å². The highest BCUT2D eigenvalue weighted by Crippen LogP contribution is 2.24. The zero-order chi connectivity index (χ0) is 17.9. The van der Waals surface area contributed by atoms with Crippen molar-refractivity contribution in [3.8, 4) is 5.69 Å². The molecule has 1 aromatic carbocycles. The highest BCUT2D eigenvalue weighted by Gasteiger charge is 2.14. The third-order valence-corrected chi connectivity index (χ3v) is 4.98. The Hall–Kier alpha value is -2.70. The molecule has 0 radical (unpaired) electrons. The molecule has 0 aliphatic heterocycles. The van der Waals surface area contributed by atoms with Crippen LogP contribution >= 0.6 is 23.4 Å². The van der Waals surface area contributed by atoms with Crippen LogP contribution in [0.15, 0.2) is 76.9 Å². The van der Waals surface area contributed by atoms with Crippen molar-refractivity contribution in [3.05, 3.63) is 88.1 Å². The van der Waals surface area contributed by atoms with Crippen molar-refractivity contribution in [1.82, 2.24) is 19.5 Å². The molecule has 0 aliphatic carbocycles. The number of benzene rings is 1. The Morgan fingerprint density at radius 2 is 1.77 bits per heavy atom. The van der Waals surface area contributed by atoms with Crippen molar-refractivity contribution in [3.63, 3.8) is 0 Å². The van der Waals surface area contributed by atoms with E-state index in [-0.39, 0.29) is 5.56 Å². The van der Waals surface area contributed by atoms with Gasteiger partial charge in [-0.05, 0) is 48.5 Å². The molecule has 0 saturated carbocycles. The number of hydrogen-bond donors (Lipinski definition) is 0. The summed E-state index contributed by atoms with van der Waals surface area (Å²) in [5.74, 6) is 0.604. The molecule has 0 aliphatic rings. The van der Waals surface area contributed by atoms with Gasteiger partial charge in [-0.2, -0.15) is 0 Å². The smallest absolute Gasteiger partial charge is 0.266 e. The molecular weight excluding hydrogens is 368 g/mol. The summed E-state index contributed by atoms with van der Waals surface area (Å²) in [5.41, 5.74) is 2.32. The van der Waals surface area contributed by atoms with Crippen LogP contribution in [0.25, 0.3) is 16.7 Å². The van der Waals surface area contributed by atoms with E-state index >= 15 is 0 Å². The van der Waals surface area contributed by atoms with Gasteiger partial charge in [-0.25, -0.2) is 9.97 Å². The Kier molecular flexibility index (Phi) is 4.69. The van der Waals surface area contributed by atoms with Crippen molar-refractivity contribution in [2.24, 2.45) is 0 Å². The van der Waals surface area contributed by atoms with E-state index in [1.807, 2.05) is 18.2 Å². The van der Waals surface area contributed by atoms with E-state index in [0.29, 0.717) is 32.7 Å². The lowest BCUT2D eigenvalue weighted by Gasteiger charge is -2.12. The van der Waals surface area contributed by atoms with Crippen LogP contribution in [-0.4, -0.2) is 19.5 Å². The van der Waals surface area contributed by atoms with Crippen LogP contribution in [0.1, 0.15) is 5.69 Å². The number of thioether (sulfide) groups is 1. The molecule has 5 nitrogen and oxygen atoms in total. The van der Waals surface area contributed by atoms with Gasteiger partial charge >= 0.3 is 0 Å². The predicted molar refractivity (Wildman–Crippen MR) is 104 cm³/mol. The molecule has 128 valence electrons. The summed E-state index contributed by atoms with van der Waals surface area (Å²) < 4.78 is 1.57. The van der Waals surface area contributed by atoms with E-state index in [4.69, 9.17) is 11.6 Å². The average molecular weight is 381 g/mol. The number of rotatable bonds is 4. The number of aromatic nitrogens is 4. The molecule has 4 rings (SSSR count). The molecule has 0 saturated heterocycles. The first kappa shape index (κ1) is 16.8. The van der Waals surface area contributed by atoms with Gasteiger partial charge < -0.3 is 0 Å². The maximum absolute atomic E-state index is 13.0. The minimum Gasteiger partial charge on any atom is -0.266 e. The van der Waals surface area contributed by atoms with Crippen LogP contribution in [0, 0.1) is 0 Å². The first-order valence-corrected chi connectivity index (χ1v) is 9.25. The molecule has 26 heavy (non-hydrogen) atoms. The molecule has 0 unspecified atom stereocenters. The zero-order valence-electron chi connectivity index (χ0n) is 13.5. The molecule has 4 aromatic rings. The highest BCUT2D eigenvalue weighted by atomic mass is 35.5. The largest absolute Gasteiger partial charge is 0.285 e. The quantitative estimate of drug-likeness (QED) is 0.393. The first-order chi connectivity index (χ1) is 12.7. The van der Waals surface area contributed by atoms with Crippen LogP contribution in [0.2, 0.25) is 5.02 Å². The van der Waals surface area contributed by atoms with Crippen LogP contribution in [0.3, 0.4) is 0 Å². The van der Waals surface area contributed by atoms with E-state index < -0.39 is 0 Å². The normalized spacial score (nSPS) is 11.0. The maximum atomic E-state index is 13.0. The van der Waals surface area contributed by atoms with Gasteiger partial charge in [0.15, 0.2) is 10.7 Å². The highest BCUT2D eigenvalue weighted by molar-refractivity contribution is 7.98. The maximum Gasteiger partial charge on any atom is 0.285 e. The number of halogens is 1. The van der Waals surface area contributed by atoms with Gasteiger partial charge in [-0.1, -0.05) is 29.4 Å². The van der Waals surface area contributed by atoms with Gasteiger partial charge in [0.05, 0.1) is 16.9 Å². The van der Waals surface area contributed by atoms with Crippen molar-refractivity contribution < 1.29 is 0 Å².